The maximum absolute atomic E-state index is 11.2. The molecule has 1 aromatic carbocycles. The first-order valence-corrected chi connectivity index (χ1v) is 7.33. The van der Waals surface area contributed by atoms with E-state index in [0.29, 0.717) is 11.3 Å². The summed E-state index contributed by atoms with van der Waals surface area (Å²) in [6, 6.07) is 11.4. The van der Waals surface area contributed by atoms with Crippen molar-refractivity contribution < 1.29 is 9.90 Å². The minimum atomic E-state index is -1.13. The second-order valence-electron chi connectivity index (χ2n) is 4.60. The number of hydrogen-bond acceptors (Lipinski definition) is 5. The SMILES string of the molecule is CC(Nc1nc(C(=O)O)nc2ccccc12)c1cccs1. The lowest BCUT2D eigenvalue weighted by Gasteiger charge is -2.15. The molecule has 0 aliphatic carbocycles. The number of hydrogen-bond donors (Lipinski definition) is 2. The number of carbonyl (C=O) groups is 1. The maximum Gasteiger partial charge on any atom is 0.374 e. The molecular weight excluding hydrogens is 286 g/mol. The monoisotopic (exact) mass is 299 g/mol. The van der Waals surface area contributed by atoms with E-state index in [1.54, 1.807) is 17.4 Å². The van der Waals surface area contributed by atoms with Gasteiger partial charge < -0.3 is 10.4 Å². The fourth-order valence-electron chi connectivity index (χ4n) is 2.10. The van der Waals surface area contributed by atoms with Crippen LogP contribution in [0.1, 0.15) is 28.5 Å². The van der Waals surface area contributed by atoms with E-state index < -0.39 is 5.97 Å². The van der Waals surface area contributed by atoms with Crippen molar-refractivity contribution in [1.29, 1.82) is 0 Å². The zero-order valence-corrected chi connectivity index (χ0v) is 12.1. The van der Waals surface area contributed by atoms with Crippen LogP contribution >= 0.6 is 11.3 Å². The summed E-state index contributed by atoms with van der Waals surface area (Å²) >= 11 is 1.64. The number of carboxylic acid groups (broad SMARTS) is 1. The van der Waals surface area contributed by atoms with Crippen molar-refractivity contribution in [2.45, 2.75) is 13.0 Å². The van der Waals surface area contributed by atoms with Gasteiger partial charge in [-0.15, -0.1) is 11.3 Å². The zero-order chi connectivity index (χ0) is 14.8. The number of aromatic nitrogens is 2. The van der Waals surface area contributed by atoms with Crippen LogP contribution in [0.25, 0.3) is 10.9 Å². The van der Waals surface area contributed by atoms with E-state index in [9.17, 15) is 4.79 Å². The van der Waals surface area contributed by atoms with Gasteiger partial charge in [0.25, 0.3) is 0 Å². The Morgan fingerprint density at radius 2 is 2.05 bits per heavy atom. The van der Waals surface area contributed by atoms with E-state index in [0.717, 1.165) is 10.3 Å². The molecule has 3 aromatic rings. The van der Waals surface area contributed by atoms with E-state index in [1.807, 2.05) is 42.6 Å². The minimum absolute atomic E-state index is 0.0463. The van der Waals surface area contributed by atoms with Crippen molar-refractivity contribution >= 4 is 34.0 Å². The molecule has 0 saturated heterocycles. The van der Waals surface area contributed by atoms with Crippen molar-refractivity contribution in [2.24, 2.45) is 0 Å². The molecule has 0 radical (unpaired) electrons. The van der Waals surface area contributed by atoms with Crippen LogP contribution in [0.2, 0.25) is 0 Å². The fourth-order valence-corrected chi connectivity index (χ4v) is 2.83. The van der Waals surface area contributed by atoms with E-state index in [1.165, 1.54) is 0 Å². The highest BCUT2D eigenvalue weighted by atomic mass is 32.1. The average Bonchev–Trinajstić information content (AvgIpc) is 3.01. The molecule has 0 amide bonds. The number of benzene rings is 1. The van der Waals surface area contributed by atoms with Gasteiger partial charge in [-0.3, -0.25) is 0 Å². The molecule has 0 spiro atoms. The summed E-state index contributed by atoms with van der Waals surface area (Å²) in [6.45, 7) is 2.02. The highest BCUT2D eigenvalue weighted by molar-refractivity contribution is 7.10. The summed E-state index contributed by atoms with van der Waals surface area (Å²) in [5, 5.41) is 15.2. The summed E-state index contributed by atoms with van der Waals surface area (Å²) in [6.07, 6.45) is 0. The largest absolute Gasteiger partial charge is 0.475 e. The third kappa shape index (κ3) is 2.71. The molecule has 1 atom stereocenters. The van der Waals surface area contributed by atoms with Crippen molar-refractivity contribution in [1.82, 2.24) is 9.97 Å². The van der Waals surface area contributed by atoms with Gasteiger partial charge in [-0.05, 0) is 30.5 Å². The second-order valence-corrected chi connectivity index (χ2v) is 5.58. The van der Waals surface area contributed by atoms with Crippen LogP contribution in [-0.2, 0) is 0 Å². The van der Waals surface area contributed by atoms with Gasteiger partial charge in [-0.1, -0.05) is 18.2 Å². The van der Waals surface area contributed by atoms with Crippen molar-refractivity contribution in [3.05, 3.63) is 52.5 Å². The van der Waals surface area contributed by atoms with E-state index in [-0.39, 0.29) is 11.9 Å². The molecule has 106 valence electrons. The Balaban J connectivity index is 2.05. The Morgan fingerprint density at radius 1 is 1.24 bits per heavy atom. The molecule has 0 fully saturated rings. The van der Waals surface area contributed by atoms with Crippen LogP contribution < -0.4 is 5.32 Å². The van der Waals surface area contributed by atoms with Crippen LogP contribution in [0.3, 0.4) is 0 Å². The van der Waals surface area contributed by atoms with E-state index >= 15 is 0 Å². The molecule has 0 saturated carbocycles. The molecule has 21 heavy (non-hydrogen) atoms. The lowest BCUT2D eigenvalue weighted by Crippen LogP contribution is -2.11. The Morgan fingerprint density at radius 3 is 2.76 bits per heavy atom. The molecule has 6 heteroatoms. The van der Waals surface area contributed by atoms with Gasteiger partial charge >= 0.3 is 5.97 Å². The molecule has 2 aromatic heterocycles. The molecule has 0 aliphatic heterocycles. The summed E-state index contributed by atoms with van der Waals surface area (Å²) in [5.74, 6) is -0.791. The number of aromatic carboxylic acids is 1. The molecular formula is C15H13N3O2S. The predicted molar refractivity (Wildman–Crippen MR) is 82.9 cm³/mol. The highest BCUT2D eigenvalue weighted by Gasteiger charge is 2.15. The van der Waals surface area contributed by atoms with Gasteiger partial charge in [-0.25, -0.2) is 14.8 Å². The van der Waals surface area contributed by atoms with Crippen LogP contribution in [0, 0.1) is 0 Å². The van der Waals surface area contributed by atoms with Crippen LogP contribution in [0.5, 0.6) is 0 Å². The highest BCUT2D eigenvalue weighted by Crippen LogP contribution is 2.26. The molecule has 5 nitrogen and oxygen atoms in total. The molecule has 2 heterocycles. The maximum atomic E-state index is 11.2. The number of nitrogens with one attached hydrogen (secondary N) is 1. The lowest BCUT2D eigenvalue weighted by molar-refractivity contribution is 0.0684. The third-order valence-corrected chi connectivity index (χ3v) is 4.17. The molecule has 2 N–H and O–H groups in total. The Kier molecular flexibility index (Phi) is 3.53. The van der Waals surface area contributed by atoms with Gasteiger partial charge in [0, 0.05) is 10.3 Å². The van der Waals surface area contributed by atoms with Crippen molar-refractivity contribution in [3.63, 3.8) is 0 Å². The molecule has 1 unspecified atom stereocenters. The van der Waals surface area contributed by atoms with Gasteiger partial charge in [-0.2, -0.15) is 0 Å². The van der Waals surface area contributed by atoms with Gasteiger partial charge in [0.05, 0.1) is 11.6 Å². The lowest BCUT2D eigenvalue weighted by atomic mass is 10.2. The summed E-state index contributed by atoms with van der Waals surface area (Å²) < 4.78 is 0. The third-order valence-electron chi connectivity index (χ3n) is 3.12. The minimum Gasteiger partial charge on any atom is -0.475 e. The molecule has 3 rings (SSSR count). The zero-order valence-electron chi connectivity index (χ0n) is 11.3. The van der Waals surface area contributed by atoms with Gasteiger partial charge in [0.1, 0.15) is 5.82 Å². The first-order valence-electron chi connectivity index (χ1n) is 6.45. The van der Waals surface area contributed by atoms with Gasteiger partial charge in [0.15, 0.2) is 0 Å². The molecule has 0 aliphatic rings. The van der Waals surface area contributed by atoms with Gasteiger partial charge in [0.2, 0.25) is 5.82 Å². The average molecular weight is 299 g/mol. The Hall–Kier alpha value is -2.47. The number of rotatable bonds is 4. The second kappa shape index (κ2) is 5.49. The quantitative estimate of drug-likeness (QED) is 0.770. The predicted octanol–water partition coefficient (Wildman–Crippen LogP) is 3.56. The number of nitrogens with zero attached hydrogens (tertiary/aromatic N) is 2. The normalized spacial score (nSPS) is 12.2. The van der Waals surface area contributed by atoms with E-state index in [2.05, 4.69) is 15.3 Å². The van der Waals surface area contributed by atoms with Crippen molar-refractivity contribution in [2.75, 3.05) is 5.32 Å². The molecule has 0 bridgehead atoms. The van der Waals surface area contributed by atoms with Crippen LogP contribution in [0.15, 0.2) is 41.8 Å². The topological polar surface area (TPSA) is 75.1 Å². The van der Waals surface area contributed by atoms with Crippen LogP contribution in [-0.4, -0.2) is 21.0 Å². The summed E-state index contributed by atoms with van der Waals surface area (Å²) in [7, 11) is 0. The fraction of sp³-hybridized carbons (Fsp3) is 0.133. The number of fused-ring (bicyclic) bond motifs is 1. The Labute approximate surface area is 125 Å². The Bertz CT molecular complexity index is 787. The standard InChI is InChI=1S/C15H13N3O2S/c1-9(12-7-4-8-21-12)16-13-10-5-2-3-6-11(10)17-14(18-13)15(19)20/h2-9H,1H3,(H,19,20)(H,16,17,18). The number of thiophene rings is 1. The summed E-state index contributed by atoms with van der Waals surface area (Å²) in [4.78, 5) is 20.5. The number of anilines is 1. The smallest absolute Gasteiger partial charge is 0.374 e. The van der Waals surface area contributed by atoms with E-state index in [4.69, 9.17) is 5.11 Å². The van der Waals surface area contributed by atoms with Crippen LogP contribution in [0.4, 0.5) is 5.82 Å². The number of carboxylic acids is 1. The first-order chi connectivity index (χ1) is 10.1. The first kappa shape index (κ1) is 13.5. The summed E-state index contributed by atoms with van der Waals surface area (Å²) in [5.41, 5.74) is 0.616. The number of para-hydroxylation sites is 1. The van der Waals surface area contributed by atoms with Crippen molar-refractivity contribution in [3.8, 4) is 0 Å².